The van der Waals surface area contributed by atoms with E-state index < -0.39 is 0 Å². The maximum Gasteiger partial charge on any atom is 0.306 e. The summed E-state index contributed by atoms with van der Waals surface area (Å²) in [6, 6.07) is 16.4. The molecule has 6 nitrogen and oxygen atoms in total. The summed E-state index contributed by atoms with van der Waals surface area (Å²) in [6.45, 7) is 16.2. The molecule has 0 unspecified atom stereocenters. The molecule has 0 aliphatic rings. The Morgan fingerprint density at radius 1 is 0.389 bits per heavy atom. The third-order valence-corrected chi connectivity index (χ3v) is 10.6. The van der Waals surface area contributed by atoms with Crippen LogP contribution >= 0.6 is 0 Å². The van der Waals surface area contributed by atoms with Crippen molar-refractivity contribution >= 4 is 11.9 Å². The molecule has 2 rings (SSSR count). The van der Waals surface area contributed by atoms with Gasteiger partial charge < -0.3 is 19.3 Å². The Labute approximate surface area is 332 Å². The molecule has 54 heavy (non-hydrogen) atoms. The molecule has 2 aromatic carbocycles. The Kier molecular flexibility index (Phi) is 28.6. The zero-order chi connectivity index (χ0) is 38.9. The Balaban J connectivity index is 1.69. The third kappa shape index (κ3) is 23.9. The number of hydrogen-bond acceptors (Lipinski definition) is 6. The van der Waals surface area contributed by atoms with E-state index in [4.69, 9.17) is 9.47 Å². The van der Waals surface area contributed by atoms with Crippen LogP contribution in [0.1, 0.15) is 180 Å². The van der Waals surface area contributed by atoms with Crippen molar-refractivity contribution in [3.63, 3.8) is 0 Å². The quantitative estimate of drug-likeness (QED) is 0.0517. The first-order valence-electron chi connectivity index (χ1n) is 22.4. The van der Waals surface area contributed by atoms with Crippen molar-refractivity contribution in [2.24, 2.45) is 0 Å². The summed E-state index contributed by atoms with van der Waals surface area (Å²) < 4.78 is 11.3. The fourth-order valence-electron chi connectivity index (χ4n) is 7.03. The lowest BCUT2D eigenvalue weighted by Crippen LogP contribution is -2.28. The first kappa shape index (κ1) is 47.5. The summed E-state index contributed by atoms with van der Waals surface area (Å²) in [4.78, 5) is 30.3. The van der Waals surface area contributed by atoms with Gasteiger partial charge in [-0.2, -0.15) is 0 Å². The maximum atomic E-state index is 12.6. The Hall–Kier alpha value is -2.70. The van der Waals surface area contributed by atoms with Gasteiger partial charge in [-0.3, -0.25) is 9.59 Å². The molecule has 0 N–H and O–H groups in total. The van der Waals surface area contributed by atoms with Crippen LogP contribution in [-0.2, 0) is 32.3 Å². The number of rotatable bonds is 35. The highest BCUT2D eigenvalue weighted by atomic mass is 16.5. The normalized spacial score (nSPS) is 11.4. The molecule has 0 bridgehead atoms. The molecule has 0 amide bonds. The van der Waals surface area contributed by atoms with Gasteiger partial charge in [0.1, 0.15) is 13.2 Å². The molecule has 0 heterocycles. The minimum Gasteiger partial charge on any atom is -0.461 e. The molecule has 0 saturated heterocycles. The maximum absolute atomic E-state index is 12.6. The standard InChI is InChI=1S/C48H80N2O4/c1-5-9-13-17-21-37-49(35-19-15-11-7-3)39-23-25-47(51)53-41-43-27-31-45(32-28-43)46-33-29-44(30-34-46)42-54-48(52)26-24-40-50(36-20-16-12-8-4)38-22-18-14-10-6-2/h27-34H,5-26,35-42H2,1-4H3. The molecule has 0 saturated carbocycles. The first-order chi connectivity index (χ1) is 26.5. The molecule has 0 aliphatic heterocycles. The van der Waals surface area contributed by atoms with Gasteiger partial charge in [0, 0.05) is 12.8 Å². The molecular weight excluding hydrogens is 669 g/mol. The summed E-state index contributed by atoms with van der Waals surface area (Å²) in [5, 5.41) is 0. The minimum atomic E-state index is -0.114. The van der Waals surface area contributed by atoms with E-state index in [9.17, 15) is 9.59 Å². The summed E-state index contributed by atoms with van der Waals surface area (Å²) >= 11 is 0. The van der Waals surface area contributed by atoms with E-state index in [2.05, 4.69) is 61.8 Å². The van der Waals surface area contributed by atoms with Gasteiger partial charge in [0.25, 0.3) is 0 Å². The van der Waals surface area contributed by atoms with Gasteiger partial charge in [-0.25, -0.2) is 0 Å². The van der Waals surface area contributed by atoms with E-state index in [1.54, 1.807) is 0 Å². The van der Waals surface area contributed by atoms with Gasteiger partial charge in [-0.15, -0.1) is 0 Å². The van der Waals surface area contributed by atoms with Gasteiger partial charge in [-0.1, -0.05) is 166 Å². The lowest BCUT2D eigenvalue weighted by molar-refractivity contribution is -0.146. The monoisotopic (exact) mass is 749 g/mol. The molecule has 0 spiro atoms. The number of carbonyl (C=O) groups is 2. The highest BCUT2D eigenvalue weighted by Gasteiger charge is 2.11. The van der Waals surface area contributed by atoms with Gasteiger partial charge in [0.15, 0.2) is 0 Å². The van der Waals surface area contributed by atoms with Crippen LogP contribution < -0.4 is 0 Å². The Bertz CT molecular complexity index is 1090. The van der Waals surface area contributed by atoms with Gasteiger partial charge >= 0.3 is 11.9 Å². The fourth-order valence-corrected chi connectivity index (χ4v) is 7.03. The zero-order valence-electron chi connectivity index (χ0n) is 35.4. The summed E-state index contributed by atoms with van der Waals surface area (Å²) in [5.41, 5.74) is 4.19. The van der Waals surface area contributed by atoms with Crippen LogP contribution in [0, 0.1) is 0 Å². The lowest BCUT2D eigenvalue weighted by Gasteiger charge is -2.22. The molecule has 0 radical (unpaired) electrons. The van der Waals surface area contributed by atoms with Gasteiger partial charge in [0.2, 0.25) is 0 Å². The van der Waals surface area contributed by atoms with Crippen molar-refractivity contribution in [1.82, 2.24) is 9.80 Å². The molecule has 0 atom stereocenters. The topological polar surface area (TPSA) is 59.1 Å². The van der Waals surface area contributed by atoms with Crippen molar-refractivity contribution in [2.45, 2.75) is 182 Å². The fraction of sp³-hybridized carbons (Fsp3) is 0.708. The second-order valence-electron chi connectivity index (χ2n) is 15.6. The molecule has 6 heteroatoms. The largest absolute Gasteiger partial charge is 0.461 e. The predicted molar refractivity (Wildman–Crippen MR) is 229 cm³/mol. The number of nitrogens with zero attached hydrogens (tertiary/aromatic N) is 2. The highest BCUT2D eigenvalue weighted by Crippen LogP contribution is 2.21. The van der Waals surface area contributed by atoms with Crippen molar-refractivity contribution in [3.05, 3.63) is 59.7 Å². The van der Waals surface area contributed by atoms with Crippen LogP contribution in [0.3, 0.4) is 0 Å². The van der Waals surface area contributed by atoms with Crippen LogP contribution in [0.4, 0.5) is 0 Å². The van der Waals surface area contributed by atoms with Crippen molar-refractivity contribution in [1.29, 1.82) is 0 Å². The molecule has 0 aromatic heterocycles. The van der Waals surface area contributed by atoms with Crippen molar-refractivity contribution < 1.29 is 19.1 Å². The van der Waals surface area contributed by atoms with E-state index in [0.717, 1.165) is 74.4 Å². The van der Waals surface area contributed by atoms with Gasteiger partial charge in [0.05, 0.1) is 0 Å². The van der Waals surface area contributed by atoms with E-state index in [1.807, 2.05) is 24.3 Å². The molecule has 2 aromatic rings. The molecular formula is C48H80N2O4. The molecule has 306 valence electrons. The van der Waals surface area contributed by atoms with Crippen molar-refractivity contribution in [3.8, 4) is 11.1 Å². The van der Waals surface area contributed by atoms with Crippen LogP contribution in [0.15, 0.2) is 48.5 Å². The number of unbranched alkanes of at least 4 members (excludes halogenated alkanes) is 14. The average Bonchev–Trinajstić information content (AvgIpc) is 3.19. The lowest BCUT2D eigenvalue weighted by atomic mass is 10.0. The second kappa shape index (κ2) is 32.5. The summed E-state index contributed by atoms with van der Waals surface area (Å²) in [6.07, 6.45) is 25.9. The van der Waals surface area contributed by atoms with E-state index in [1.165, 1.54) is 116 Å². The number of ether oxygens (including phenoxy) is 2. The minimum absolute atomic E-state index is 0.114. The van der Waals surface area contributed by atoms with E-state index in [-0.39, 0.29) is 11.9 Å². The Morgan fingerprint density at radius 3 is 0.981 bits per heavy atom. The van der Waals surface area contributed by atoms with E-state index in [0.29, 0.717) is 26.1 Å². The highest BCUT2D eigenvalue weighted by molar-refractivity contribution is 5.70. The summed E-state index contributed by atoms with van der Waals surface area (Å²) in [5.74, 6) is -0.227. The van der Waals surface area contributed by atoms with Crippen LogP contribution in [0.2, 0.25) is 0 Å². The average molecular weight is 749 g/mol. The molecule has 0 aliphatic carbocycles. The number of hydrogen-bond donors (Lipinski definition) is 0. The van der Waals surface area contributed by atoms with Crippen LogP contribution in [0.25, 0.3) is 11.1 Å². The predicted octanol–water partition coefficient (Wildman–Crippen LogP) is 12.7. The first-order valence-corrected chi connectivity index (χ1v) is 22.4. The number of carbonyl (C=O) groups excluding carboxylic acids is 2. The smallest absolute Gasteiger partial charge is 0.306 e. The van der Waals surface area contributed by atoms with Crippen molar-refractivity contribution in [2.75, 3.05) is 39.3 Å². The van der Waals surface area contributed by atoms with E-state index >= 15 is 0 Å². The second-order valence-corrected chi connectivity index (χ2v) is 15.6. The van der Waals surface area contributed by atoms with Gasteiger partial charge in [-0.05, 0) is 100 Å². The molecule has 0 fully saturated rings. The third-order valence-electron chi connectivity index (χ3n) is 10.6. The number of esters is 2. The zero-order valence-corrected chi connectivity index (χ0v) is 35.4. The Morgan fingerprint density at radius 2 is 0.667 bits per heavy atom. The SMILES string of the molecule is CCCCCCCN(CCCCCC)CCCC(=O)OCc1ccc(-c2ccc(COC(=O)CCCN(CCCCCC)CCCCCCC)cc2)cc1. The van der Waals surface area contributed by atoms with Crippen LogP contribution in [0.5, 0.6) is 0 Å². The number of benzene rings is 2. The summed E-state index contributed by atoms with van der Waals surface area (Å²) in [7, 11) is 0. The van der Waals surface area contributed by atoms with Crippen LogP contribution in [-0.4, -0.2) is 61.0 Å².